The van der Waals surface area contributed by atoms with E-state index >= 15 is 0 Å². The fraction of sp³-hybridized carbons (Fsp3) is 0.455. The molecule has 88 valence electrons. The average Bonchev–Trinajstić information content (AvgIpc) is 2.24. The van der Waals surface area contributed by atoms with Gasteiger partial charge in [0.05, 0.1) is 6.61 Å². The first kappa shape index (κ1) is 12.1. The molecule has 1 aliphatic rings. The Morgan fingerprint density at radius 3 is 2.62 bits per heavy atom. The van der Waals surface area contributed by atoms with Gasteiger partial charge in [0, 0.05) is 16.7 Å². The SMILES string of the molecule is CC1(C)COP(=O)(Cl)O[C@@H]1c1ccccc1. The predicted octanol–water partition coefficient (Wildman–Crippen LogP) is 4.15. The third-order valence-electron chi connectivity index (χ3n) is 2.63. The van der Waals surface area contributed by atoms with E-state index in [-0.39, 0.29) is 11.5 Å². The maximum absolute atomic E-state index is 11.6. The van der Waals surface area contributed by atoms with E-state index < -0.39 is 6.95 Å². The Morgan fingerprint density at radius 1 is 1.38 bits per heavy atom. The molecule has 2 rings (SSSR count). The molecule has 2 atom stereocenters. The zero-order valence-electron chi connectivity index (χ0n) is 9.22. The molecule has 0 spiro atoms. The molecule has 0 amide bonds. The summed E-state index contributed by atoms with van der Waals surface area (Å²) in [5, 5.41) is 0. The summed E-state index contributed by atoms with van der Waals surface area (Å²) >= 11 is 5.66. The van der Waals surface area contributed by atoms with Crippen molar-refractivity contribution in [2.24, 2.45) is 5.41 Å². The highest BCUT2D eigenvalue weighted by Gasteiger charge is 2.44. The molecule has 1 saturated heterocycles. The van der Waals surface area contributed by atoms with Gasteiger partial charge in [0.15, 0.2) is 0 Å². The second-order valence-corrected chi connectivity index (χ2v) is 7.16. The third-order valence-corrected chi connectivity index (χ3v) is 4.07. The van der Waals surface area contributed by atoms with Gasteiger partial charge in [-0.2, -0.15) is 0 Å². The van der Waals surface area contributed by atoms with Crippen molar-refractivity contribution >= 4 is 18.2 Å². The summed E-state index contributed by atoms with van der Waals surface area (Å²) in [6, 6.07) is 9.64. The van der Waals surface area contributed by atoms with Gasteiger partial charge in [-0.25, -0.2) is 4.57 Å². The van der Waals surface area contributed by atoms with Crippen LogP contribution >= 0.6 is 18.2 Å². The molecule has 0 aliphatic carbocycles. The monoisotopic (exact) mass is 260 g/mol. The minimum absolute atomic E-state index is 0.246. The summed E-state index contributed by atoms with van der Waals surface area (Å²) in [5.74, 6) is 0. The molecule has 1 fully saturated rings. The molecule has 1 heterocycles. The van der Waals surface area contributed by atoms with Gasteiger partial charge in [-0.3, -0.25) is 9.05 Å². The second-order valence-electron chi connectivity index (χ2n) is 4.59. The molecule has 1 unspecified atom stereocenters. The molecule has 1 aliphatic heterocycles. The van der Waals surface area contributed by atoms with Crippen LogP contribution in [0.25, 0.3) is 0 Å². The van der Waals surface area contributed by atoms with Crippen LogP contribution in [0.4, 0.5) is 0 Å². The van der Waals surface area contributed by atoms with E-state index in [9.17, 15) is 4.57 Å². The van der Waals surface area contributed by atoms with Crippen LogP contribution in [-0.4, -0.2) is 6.61 Å². The Balaban J connectivity index is 2.33. The van der Waals surface area contributed by atoms with Crippen LogP contribution in [-0.2, 0) is 13.6 Å². The van der Waals surface area contributed by atoms with Crippen molar-refractivity contribution in [2.45, 2.75) is 20.0 Å². The van der Waals surface area contributed by atoms with E-state index in [0.717, 1.165) is 5.56 Å². The van der Waals surface area contributed by atoms with Gasteiger partial charge < -0.3 is 0 Å². The lowest BCUT2D eigenvalue weighted by atomic mass is 9.83. The van der Waals surface area contributed by atoms with E-state index in [2.05, 4.69) is 0 Å². The van der Waals surface area contributed by atoms with E-state index in [1.807, 2.05) is 44.2 Å². The quantitative estimate of drug-likeness (QED) is 0.712. The molecule has 0 N–H and O–H groups in total. The largest absolute Gasteiger partial charge is 0.424 e. The van der Waals surface area contributed by atoms with Crippen LogP contribution in [0.2, 0.25) is 0 Å². The van der Waals surface area contributed by atoms with Crippen molar-refractivity contribution in [1.29, 1.82) is 0 Å². The zero-order valence-corrected chi connectivity index (χ0v) is 10.9. The number of rotatable bonds is 1. The molecule has 3 nitrogen and oxygen atoms in total. The summed E-state index contributed by atoms with van der Waals surface area (Å²) in [6.07, 6.45) is -0.300. The van der Waals surface area contributed by atoms with Crippen molar-refractivity contribution in [2.75, 3.05) is 6.61 Å². The third kappa shape index (κ3) is 2.49. The lowest BCUT2D eigenvalue weighted by molar-refractivity contribution is -0.0203. The van der Waals surface area contributed by atoms with Gasteiger partial charge >= 0.3 is 6.95 Å². The second kappa shape index (κ2) is 4.15. The van der Waals surface area contributed by atoms with Crippen LogP contribution < -0.4 is 0 Å². The van der Waals surface area contributed by atoms with Gasteiger partial charge in [-0.1, -0.05) is 44.2 Å². The van der Waals surface area contributed by atoms with E-state index in [0.29, 0.717) is 6.61 Å². The van der Waals surface area contributed by atoms with Crippen molar-refractivity contribution < 1.29 is 13.6 Å². The van der Waals surface area contributed by atoms with Gasteiger partial charge in [-0.05, 0) is 5.56 Å². The fourth-order valence-corrected chi connectivity index (χ4v) is 3.35. The molecule has 5 heteroatoms. The van der Waals surface area contributed by atoms with Gasteiger partial charge in [0.1, 0.15) is 6.10 Å². The van der Waals surface area contributed by atoms with Crippen molar-refractivity contribution in [3.8, 4) is 0 Å². The van der Waals surface area contributed by atoms with Crippen LogP contribution in [0.1, 0.15) is 25.5 Å². The van der Waals surface area contributed by atoms with Crippen LogP contribution in [0.15, 0.2) is 30.3 Å². The first-order valence-electron chi connectivity index (χ1n) is 5.08. The first-order valence-corrected chi connectivity index (χ1v) is 7.53. The predicted molar refractivity (Wildman–Crippen MR) is 63.5 cm³/mol. The molecular weight excluding hydrogens is 247 g/mol. The Labute approximate surface area is 100 Å². The number of hydrogen-bond donors (Lipinski definition) is 0. The molecule has 0 bridgehead atoms. The Kier molecular flexibility index (Phi) is 3.15. The van der Waals surface area contributed by atoms with Crippen LogP contribution in [0, 0.1) is 5.41 Å². The molecule has 0 saturated carbocycles. The number of hydrogen-bond acceptors (Lipinski definition) is 3. The minimum Gasteiger partial charge on any atom is -0.296 e. The zero-order chi connectivity index (χ0) is 11.8. The standard InChI is InChI=1S/C11H14ClO3P/c1-11(2)8-14-16(12,13)15-10(11)9-6-4-3-5-7-9/h3-7,10H,8H2,1-2H3/t10-,16?/m1/s1. The summed E-state index contributed by atoms with van der Waals surface area (Å²) in [4.78, 5) is 0. The average molecular weight is 261 g/mol. The molecule has 1 aromatic rings. The topological polar surface area (TPSA) is 35.5 Å². The van der Waals surface area contributed by atoms with Crippen LogP contribution in [0.5, 0.6) is 0 Å². The summed E-state index contributed by atoms with van der Waals surface area (Å²) in [5.41, 5.74) is 0.723. The molecule has 1 aromatic carbocycles. The van der Waals surface area contributed by atoms with Gasteiger partial charge in [0.2, 0.25) is 0 Å². The van der Waals surface area contributed by atoms with Gasteiger partial charge in [0.25, 0.3) is 0 Å². The summed E-state index contributed by atoms with van der Waals surface area (Å²) in [7, 11) is 0. The lowest BCUT2D eigenvalue weighted by Crippen LogP contribution is -2.32. The van der Waals surface area contributed by atoms with E-state index in [1.165, 1.54) is 0 Å². The fourth-order valence-electron chi connectivity index (χ4n) is 1.76. The highest BCUT2D eigenvalue weighted by molar-refractivity contribution is 7.81. The first-order chi connectivity index (χ1) is 7.41. The summed E-state index contributed by atoms with van der Waals surface area (Å²) in [6.45, 7) is 0.912. The lowest BCUT2D eigenvalue weighted by Gasteiger charge is -2.39. The Hall–Kier alpha value is -0.340. The van der Waals surface area contributed by atoms with Gasteiger partial charge in [-0.15, -0.1) is 0 Å². The Morgan fingerprint density at radius 2 is 2.00 bits per heavy atom. The molecule has 0 radical (unpaired) electrons. The number of halogens is 1. The normalized spacial score (nSPS) is 33.6. The maximum Gasteiger partial charge on any atom is 0.424 e. The molecule has 0 aromatic heterocycles. The smallest absolute Gasteiger partial charge is 0.296 e. The van der Waals surface area contributed by atoms with Crippen molar-refractivity contribution in [1.82, 2.24) is 0 Å². The number of benzene rings is 1. The highest BCUT2D eigenvalue weighted by atomic mass is 35.7. The van der Waals surface area contributed by atoms with Crippen molar-refractivity contribution in [3.05, 3.63) is 35.9 Å². The van der Waals surface area contributed by atoms with E-state index in [1.54, 1.807) is 0 Å². The minimum atomic E-state index is -3.42. The van der Waals surface area contributed by atoms with E-state index in [4.69, 9.17) is 20.3 Å². The maximum atomic E-state index is 11.6. The van der Waals surface area contributed by atoms with Crippen molar-refractivity contribution in [3.63, 3.8) is 0 Å². The van der Waals surface area contributed by atoms with Crippen LogP contribution in [0.3, 0.4) is 0 Å². The molecule has 16 heavy (non-hydrogen) atoms. The molecular formula is C11H14ClO3P. The Bertz CT molecular complexity index is 418. The summed E-state index contributed by atoms with van der Waals surface area (Å²) < 4.78 is 22.0. The highest BCUT2D eigenvalue weighted by Crippen LogP contribution is 2.63.